The molecule has 29 heavy (non-hydrogen) atoms. The number of amides is 2. The van der Waals surface area contributed by atoms with Gasteiger partial charge in [0.2, 0.25) is 0 Å². The molecule has 8 nitrogen and oxygen atoms in total. The summed E-state index contributed by atoms with van der Waals surface area (Å²) in [6.07, 6.45) is 4.57. The lowest BCUT2D eigenvalue weighted by molar-refractivity contribution is 0.0923. The molecule has 2 aromatic heterocycles. The Bertz CT molecular complexity index is 1070. The first-order valence-electron chi connectivity index (χ1n) is 8.94. The maximum atomic E-state index is 12.5. The minimum absolute atomic E-state index is 0.103. The van der Waals surface area contributed by atoms with Crippen LogP contribution in [0.5, 0.6) is 0 Å². The highest BCUT2D eigenvalue weighted by molar-refractivity contribution is 6.04. The number of nitrogens with one attached hydrogen (secondary N) is 2. The maximum Gasteiger partial charge on any atom is 0.271 e. The van der Waals surface area contributed by atoms with Crippen LogP contribution in [0, 0.1) is 11.3 Å². The molecule has 0 saturated heterocycles. The lowest BCUT2D eigenvalue weighted by Gasteiger charge is -2.17. The molecule has 8 heteroatoms. The predicted molar refractivity (Wildman–Crippen MR) is 107 cm³/mol. The smallest absolute Gasteiger partial charge is 0.271 e. The van der Waals surface area contributed by atoms with Crippen molar-refractivity contribution in [3.63, 3.8) is 0 Å². The molecule has 0 saturated carbocycles. The average molecular weight is 388 g/mol. The van der Waals surface area contributed by atoms with Crippen LogP contribution in [0.3, 0.4) is 0 Å². The zero-order valence-electron chi connectivity index (χ0n) is 16.1. The molecule has 0 atom stereocenters. The van der Waals surface area contributed by atoms with E-state index < -0.39 is 11.4 Å². The van der Waals surface area contributed by atoms with Crippen molar-refractivity contribution in [1.82, 2.24) is 20.1 Å². The summed E-state index contributed by atoms with van der Waals surface area (Å²) < 4.78 is 1.68. The van der Waals surface area contributed by atoms with E-state index in [9.17, 15) is 9.59 Å². The second kappa shape index (κ2) is 8.35. The molecule has 0 fully saturated rings. The number of nitrogens with zero attached hydrogens (tertiary/aromatic N) is 4. The molecule has 0 aliphatic rings. The minimum Gasteiger partial charge on any atom is -0.333 e. The maximum absolute atomic E-state index is 12.5. The Labute approximate surface area is 168 Å². The Balaban J connectivity index is 1.67. The number of anilines is 1. The fourth-order valence-corrected chi connectivity index (χ4v) is 2.55. The summed E-state index contributed by atoms with van der Waals surface area (Å²) in [7, 11) is 0. The van der Waals surface area contributed by atoms with E-state index in [0.717, 1.165) is 5.56 Å². The Hall–Kier alpha value is -3.99. The van der Waals surface area contributed by atoms with Gasteiger partial charge in [-0.25, -0.2) is 0 Å². The molecule has 1 aromatic carbocycles. The zero-order chi connectivity index (χ0) is 20.9. The van der Waals surface area contributed by atoms with E-state index in [1.165, 1.54) is 18.5 Å². The van der Waals surface area contributed by atoms with Crippen molar-refractivity contribution in [3.8, 4) is 6.07 Å². The normalized spacial score (nSPS) is 10.8. The van der Waals surface area contributed by atoms with Gasteiger partial charge in [-0.15, -0.1) is 0 Å². The topological polar surface area (TPSA) is 113 Å². The van der Waals surface area contributed by atoms with Crippen LogP contribution in [0.15, 0.2) is 61.1 Å². The summed E-state index contributed by atoms with van der Waals surface area (Å²) in [5.74, 6) is -0.845. The monoisotopic (exact) mass is 388 g/mol. The Kier molecular flexibility index (Phi) is 5.69. The van der Waals surface area contributed by atoms with Crippen molar-refractivity contribution in [2.24, 2.45) is 0 Å². The number of nitriles is 1. The van der Waals surface area contributed by atoms with Crippen molar-refractivity contribution in [2.75, 3.05) is 5.32 Å². The highest BCUT2D eigenvalue weighted by atomic mass is 16.2. The van der Waals surface area contributed by atoms with Crippen LogP contribution in [-0.4, -0.2) is 32.1 Å². The Morgan fingerprint density at radius 1 is 1.17 bits per heavy atom. The van der Waals surface area contributed by atoms with E-state index in [4.69, 9.17) is 5.26 Å². The van der Waals surface area contributed by atoms with Crippen LogP contribution in [0.1, 0.15) is 40.3 Å². The van der Waals surface area contributed by atoms with E-state index in [1.54, 1.807) is 30.8 Å². The number of hydrogen-bond donors (Lipinski definition) is 2. The third-order valence-corrected chi connectivity index (χ3v) is 4.04. The lowest BCUT2D eigenvalue weighted by atomic mass is 10.1. The highest BCUT2D eigenvalue weighted by Gasteiger charge is 2.21. The Morgan fingerprint density at radius 2 is 1.93 bits per heavy atom. The fourth-order valence-electron chi connectivity index (χ4n) is 2.55. The van der Waals surface area contributed by atoms with Crippen LogP contribution >= 0.6 is 0 Å². The highest BCUT2D eigenvalue weighted by Crippen LogP contribution is 2.12. The molecule has 3 aromatic rings. The van der Waals surface area contributed by atoms with Crippen LogP contribution in [-0.2, 0) is 6.54 Å². The summed E-state index contributed by atoms with van der Waals surface area (Å²) in [5.41, 5.74) is 0.972. The van der Waals surface area contributed by atoms with Crippen LogP contribution in [0.2, 0.25) is 0 Å². The van der Waals surface area contributed by atoms with E-state index in [1.807, 2.05) is 36.4 Å². The summed E-state index contributed by atoms with van der Waals surface area (Å²) in [5, 5.41) is 18.6. The predicted octanol–water partition coefficient (Wildman–Crippen LogP) is 2.61. The molecule has 0 aliphatic heterocycles. The molecule has 3 rings (SSSR count). The first-order chi connectivity index (χ1) is 13.9. The molecule has 0 unspecified atom stereocenters. The van der Waals surface area contributed by atoms with E-state index in [0.29, 0.717) is 17.8 Å². The summed E-state index contributed by atoms with van der Waals surface area (Å²) >= 11 is 0. The van der Waals surface area contributed by atoms with Crippen molar-refractivity contribution >= 4 is 17.5 Å². The Morgan fingerprint density at radius 3 is 2.66 bits per heavy atom. The number of pyridine rings is 1. The standard InChI is InChI=1S/C21H20N6O2/c1-21(2,14-22)26-20(29)18-10-17(8-9-23-18)25-19(28)16-11-24-27(13-16)12-15-6-4-3-5-7-15/h3-11,13H,12H2,1-2H3,(H,26,29)(H,23,25,28). The second-order valence-electron chi connectivity index (χ2n) is 6.99. The van der Waals surface area contributed by atoms with E-state index in [-0.39, 0.29) is 11.6 Å². The third-order valence-electron chi connectivity index (χ3n) is 4.04. The van der Waals surface area contributed by atoms with Gasteiger partial charge in [0, 0.05) is 18.1 Å². The van der Waals surface area contributed by atoms with Crippen LogP contribution in [0.25, 0.3) is 0 Å². The van der Waals surface area contributed by atoms with E-state index in [2.05, 4.69) is 20.7 Å². The first kappa shape index (κ1) is 19.8. The van der Waals surface area contributed by atoms with Gasteiger partial charge in [0.25, 0.3) is 11.8 Å². The third kappa shape index (κ3) is 5.26. The lowest BCUT2D eigenvalue weighted by Crippen LogP contribution is -2.42. The number of benzene rings is 1. The number of carbonyl (C=O) groups is 2. The van der Waals surface area contributed by atoms with Gasteiger partial charge in [-0.3, -0.25) is 19.3 Å². The molecule has 2 N–H and O–H groups in total. The average Bonchev–Trinajstić information content (AvgIpc) is 3.17. The number of rotatable bonds is 6. The minimum atomic E-state index is -1.02. The fraction of sp³-hybridized carbons (Fsp3) is 0.190. The quantitative estimate of drug-likeness (QED) is 0.674. The molecular formula is C21H20N6O2. The SMILES string of the molecule is CC(C)(C#N)NC(=O)c1cc(NC(=O)c2cnn(Cc3ccccc3)c2)ccn1. The van der Waals surface area contributed by atoms with Gasteiger partial charge in [0.05, 0.1) is 24.4 Å². The molecular weight excluding hydrogens is 368 g/mol. The van der Waals surface area contributed by atoms with Crippen molar-refractivity contribution in [1.29, 1.82) is 5.26 Å². The molecule has 2 heterocycles. The molecule has 0 bridgehead atoms. The number of aromatic nitrogens is 3. The van der Waals surface area contributed by atoms with Gasteiger partial charge in [0.1, 0.15) is 11.2 Å². The van der Waals surface area contributed by atoms with Gasteiger partial charge in [0.15, 0.2) is 0 Å². The molecule has 146 valence electrons. The molecule has 2 amide bonds. The molecule has 0 spiro atoms. The summed E-state index contributed by atoms with van der Waals surface area (Å²) in [6, 6.07) is 14.8. The van der Waals surface area contributed by atoms with Crippen molar-refractivity contribution in [2.45, 2.75) is 25.9 Å². The van der Waals surface area contributed by atoms with E-state index >= 15 is 0 Å². The zero-order valence-corrected chi connectivity index (χ0v) is 16.1. The van der Waals surface area contributed by atoms with Gasteiger partial charge in [-0.1, -0.05) is 30.3 Å². The first-order valence-corrected chi connectivity index (χ1v) is 8.94. The van der Waals surface area contributed by atoms with Gasteiger partial charge >= 0.3 is 0 Å². The molecule has 0 radical (unpaired) electrons. The largest absolute Gasteiger partial charge is 0.333 e. The number of hydrogen-bond acceptors (Lipinski definition) is 5. The van der Waals surface area contributed by atoms with Gasteiger partial charge < -0.3 is 10.6 Å². The van der Waals surface area contributed by atoms with Crippen LogP contribution < -0.4 is 10.6 Å². The summed E-state index contributed by atoms with van der Waals surface area (Å²) in [4.78, 5) is 28.8. The molecule has 0 aliphatic carbocycles. The van der Waals surface area contributed by atoms with Gasteiger partial charge in [-0.2, -0.15) is 10.4 Å². The number of carbonyl (C=O) groups excluding carboxylic acids is 2. The second-order valence-corrected chi connectivity index (χ2v) is 6.99. The summed E-state index contributed by atoms with van der Waals surface area (Å²) in [6.45, 7) is 3.73. The van der Waals surface area contributed by atoms with Crippen molar-refractivity contribution < 1.29 is 9.59 Å². The van der Waals surface area contributed by atoms with Crippen LogP contribution in [0.4, 0.5) is 5.69 Å². The van der Waals surface area contributed by atoms with Crippen molar-refractivity contribution in [3.05, 3.63) is 77.9 Å². The van der Waals surface area contributed by atoms with Gasteiger partial charge in [-0.05, 0) is 31.5 Å².